The molecule has 1 N–H and O–H groups in total. The van der Waals surface area contributed by atoms with Gasteiger partial charge in [-0.05, 0) is 85.2 Å². The summed E-state index contributed by atoms with van der Waals surface area (Å²) in [7, 11) is 0. The van der Waals surface area contributed by atoms with Crippen LogP contribution in [-0.2, 0) is 19.2 Å². The number of imide groups is 1. The largest absolute Gasteiger partial charge is 0.507 e. The smallest absolute Gasteiger partial charge is 0.238 e. The summed E-state index contributed by atoms with van der Waals surface area (Å²) in [5.41, 5.74) is 5.43. The van der Waals surface area contributed by atoms with E-state index in [-0.39, 0.29) is 35.6 Å². The molecule has 2 heterocycles. The molecule has 1 aliphatic heterocycles. The summed E-state index contributed by atoms with van der Waals surface area (Å²) in [4.78, 5) is 61.6. The number of allylic oxidation sites excluding steroid dienone is 6. The van der Waals surface area contributed by atoms with Crippen molar-refractivity contribution in [3.63, 3.8) is 0 Å². The molecular weight excluding hydrogens is 604 g/mol. The van der Waals surface area contributed by atoms with Crippen molar-refractivity contribution in [3.8, 4) is 17.2 Å². The van der Waals surface area contributed by atoms with Gasteiger partial charge in [0.25, 0.3) is 0 Å². The molecule has 1 aromatic heterocycles. The number of phenols is 1. The minimum atomic E-state index is -0.691. The van der Waals surface area contributed by atoms with E-state index in [9.17, 15) is 24.3 Å². The highest BCUT2D eigenvalue weighted by atomic mass is 16.3. The number of ketones is 2. The van der Waals surface area contributed by atoms with Crippen LogP contribution >= 0.6 is 0 Å². The molecule has 8 heteroatoms. The van der Waals surface area contributed by atoms with E-state index in [2.05, 4.69) is 4.98 Å². The van der Waals surface area contributed by atoms with Crippen LogP contribution in [0.2, 0.25) is 0 Å². The number of phenolic OH excluding ortho intramolecular Hbond substituents is 1. The average molecular weight is 633 g/mol. The third-order valence-corrected chi connectivity index (χ3v) is 10.5. The zero-order chi connectivity index (χ0) is 32.8. The predicted molar refractivity (Wildman–Crippen MR) is 179 cm³/mol. The first-order chi connectivity index (χ1) is 23.3. The zero-order valence-electron chi connectivity index (χ0n) is 25.8. The lowest BCUT2D eigenvalue weighted by molar-refractivity contribution is -0.123. The van der Waals surface area contributed by atoms with Crippen LogP contribution in [0.15, 0.2) is 124 Å². The van der Waals surface area contributed by atoms with E-state index < -0.39 is 23.7 Å². The van der Waals surface area contributed by atoms with Crippen LogP contribution in [0.1, 0.15) is 31.2 Å². The fourth-order valence-electron chi connectivity index (χ4n) is 8.30. The summed E-state index contributed by atoms with van der Waals surface area (Å²) in [6.07, 6.45) is 3.95. The number of oxazole rings is 1. The fourth-order valence-corrected chi connectivity index (χ4v) is 8.30. The first-order valence-electron chi connectivity index (χ1n) is 16.0. The van der Waals surface area contributed by atoms with Gasteiger partial charge >= 0.3 is 0 Å². The number of aromatic nitrogens is 1. The van der Waals surface area contributed by atoms with E-state index in [0.29, 0.717) is 45.7 Å². The number of para-hydroxylation sites is 2. The Labute approximate surface area is 274 Å². The molecule has 0 saturated carbocycles. The SMILES string of the molecule is CC1=CC(=O)C2=C(CC3C(=CCC4C(=O)N(c5ccc(-c6nc7ccccc7o6)cc5)C(=O)C43)C2c2ccc(O)c3ccccc23)C1=O. The Morgan fingerprint density at radius 1 is 0.833 bits per heavy atom. The molecule has 0 spiro atoms. The molecule has 4 atom stereocenters. The van der Waals surface area contributed by atoms with Crippen molar-refractivity contribution in [1.29, 1.82) is 0 Å². The number of carbonyl (C=O) groups is 4. The Bertz CT molecular complexity index is 2340. The molecule has 1 saturated heterocycles. The molecule has 3 aliphatic carbocycles. The molecule has 234 valence electrons. The maximum absolute atomic E-state index is 14.4. The van der Waals surface area contributed by atoms with E-state index in [1.807, 2.05) is 54.6 Å². The number of anilines is 1. The average Bonchev–Trinajstić information content (AvgIpc) is 3.65. The van der Waals surface area contributed by atoms with Crippen molar-refractivity contribution < 1.29 is 28.7 Å². The molecule has 4 unspecified atom stereocenters. The number of fused-ring (bicyclic) bond motifs is 5. The molecule has 4 aliphatic rings. The Morgan fingerprint density at radius 3 is 2.38 bits per heavy atom. The zero-order valence-corrected chi connectivity index (χ0v) is 25.8. The molecule has 48 heavy (non-hydrogen) atoms. The first kappa shape index (κ1) is 28.3. The number of hydrogen-bond donors (Lipinski definition) is 1. The van der Waals surface area contributed by atoms with Gasteiger partial charge in [0.15, 0.2) is 17.1 Å². The first-order valence-corrected chi connectivity index (χ1v) is 16.0. The molecule has 0 radical (unpaired) electrons. The van der Waals surface area contributed by atoms with Crippen LogP contribution in [0, 0.1) is 17.8 Å². The Morgan fingerprint density at radius 2 is 1.58 bits per heavy atom. The molecule has 0 bridgehead atoms. The predicted octanol–water partition coefficient (Wildman–Crippen LogP) is 6.99. The van der Waals surface area contributed by atoms with Gasteiger partial charge < -0.3 is 9.52 Å². The lowest BCUT2D eigenvalue weighted by Crippen LogP contribution is -2.39. The molecule has 2 amide bonds. The van der Waals surface area contributed by atoms with Crippen LogP contribution in [0.5, 0.6) is 5.75 Å². The van der Waals surface area contributed by atoms with E-state index in [1.54, 1.807) is 43.3 Å². The van der Waals surface area contributed by atoms with Gasteiger partial charge in [-0.2, -0.15) is 0 Å². The minimum absolute atomic E-state index is 0.115. The van der Waals surface area contributed by atoms with E-state index in [0.717, 1.165) is 27.6 Å². The third-order valence-electron chi connectivity index (χ3n) is 10.5. The maximum atomic E-state index is 14.4. The second-order valence-electron chi connectivity index (χ2n) is 13.0. The Hall–Kier alpha value is -5.89. The van der Waals surface area contributed by atoms with Crippen LogP contribution in [0.25, 0.3) is 33.3 Å². The number of rotatable bonds is 3. The van der Waals surface area contributed by atoms with Crippen molar-refractivity contribution in [1.82, 2.24) is 4.98 Å². The van der Waals surface area contributed by atoms with Gasteiger partial charge in [-0.3, -0.25) is 24.1 Å². The summed E-state index contributed by atoms with van der Waals surface area (Å²) in [6, 6.07) is 25.4. The van der Waals surface area contributed by atoms with Crippen molar-refractivity contribution in [2.45, 2.75) is 25.7 Å². The normalized spacial score (nSPS) is 23.7. The standard InChI is InChI=1S/C40H28N2O6/c1-20-18-32(44)36-29(37(20)45)19-28-26(34(36)25-16-17-31(43)24-7-3-2-6-23(24)25)14-15-27-35(28)40(47)42(39(27)46)22-12-10-21(11-13-22)38-41-30-8-4-5-9-33(30)48-38/h2-14,16-18,27-28,34-35,43H,15,19H2,1H3. The number of hydrogen-bond acceptors (Lipinski definition) is 7. The van der Waals surface area contributed by atoms with Crippen molar-refractivity contribution in [2.24, 2.45) is 17.8 Å². The summed E-state index contributed by atoms with van der Waals surface area (Å²) < 4.78 is 5.91. The summed E-state index contributed by atoms with van der Waals surface area (Å²) in [5, 5.41) is 12.1. The Kier molecular flexibility index (Phi) is 6.09. The van der Waals surface area contributed by atoms with E-state index in [4.69, 9.17) is 4.42 Å². The lowest BCUT2D eigenvalue weighted by atomic mass is 9.59. The molecule has 5 aromatic rings. The number of benzene rings is 4. The highest BCUT2D eigenvalue weighted by Gasteiger charge is 2.56. The van der Waals surface area contributed by atoms with Crippen molar-refractivity contribution in [2.75, 3.05) is 4.90 Å². The Balaban J connectivity index is 1.12. The van der Waals surface area contributed by atoms with E-state index in [1.165, 1.54) is 11.0 Å². The van der Waals surface area contributed by atoms with Gasteiger partial charge in [-0.25, -0.2) is 4.98 Å². The van der Waals surface area contributed by atoms with Gasteiger partial charge in [-0.1, -0.05) is 54.1 Å². The van der Waals surface area contributed by atoms with Gasteiger partial charge in [0, 0.05) is 33.6 Å². The molecule has 1 fully saturated rings. The summed E-state index contributed by atoms with van der Waals surface area (Å²) in [6.45, 7) is 1.64. The second kappa shape index (κ2) is 10.3. The topological polar surface area (TPSA) is 118 Å². The van der Waals surface area contributed by atoms with Gasteiger partial charge in [0.1, 0.15) is 11.3 Å². The second-order valence-corrected chi connectivity index (χ2v) is 13.0. The molecular formula is C40H28N2O6. The minimum Gasteiger partial charge on any atom is -0.507 e. The van der Waals surface area contributed by atoms with Gasteiger partial charge in [-0.15, -0.1) is 0 Å². The summed E-state index contributed by atoms with van der Waals surface area (Å²) >= 11 is 0. The molecule has 9 rings (SSSR count). The highest BCUT2D eigenvalue weighted by Crippen LogP contribution is 2.56. The monoisotopic (exact) mass is 632 g/mol. The third kappa shape index (κ3) is 3.98. The number of aromatic hydroxyl groups is 1. The number of nitrogens with zero attached hydrogens (tertiary/aromatic N) is 2. The van der Waals surface area contributed by atoms with Crippen LogP contribution in [0.3, 0.4) is 0 Å². The summed E-state index contributed by atoms with van der Waals surface area (Å²) in [5.74, 6) is -2.79. The molecule has 8 nitrogen and oxygen atoms in total. The van der Waals surface area contributed by atoms with Gasteiger partial charge in [0.2, 0.25) is 17.7 Å². The van der Waals surface area contributed by atoms with Crippen molar-refractivity contribution in [3.05, 3.63) is 125 Å². The fraction of sp³-hybridized carbons (Fsp3) is 0.175. The number of amides is 2. The number of Topliss-reactive ketones (excluding diaryl/α,β-unsaturated/α-hetero) is 1. The lowest BCUT2D eigenvalue weighted by Gasteiger charge is -2.42. The quantitative estimate of drug-likeness (QED) is 0.129. The maximum Gasteiger partial charge on any atom is 0.238 e. The van der Waals surface area contributed by atoms with Crippen LogP contribution in [0.4, 0.5) is 5.69 Å². The number of carbonyl (C=O) groups excluding carboxylic acids is 4. The highest BCUT2D eigenvalue weighted by molar-refractivity contribution is 6.25. The van der Waals surface area contributed by atoms with Crippen LogP contribution < -0.4 is 4.90 Å². The molecule has 4 aromatic carbocycles. The van der Waals surface area contributed by atoms with Crippen LogP contribution in [-0.4, -0.2) is 33.5 Å². The van der Waals surface area contributed by atoms with E-state index >= 15 is 0 Å². The van der Waals surface area contributed by atoms with Crippen molar-refractivity contribution >= 4 is 50.9 Å². The van der Waals surface area contributed by atoms with Gasteiger partial charge in [0.05, 0.1) is 17.5 Å².